The largest absolute Gasteiger partial charge is 0.508 e. The topological polar surface area (TPSA) is 63.4 Å². The van der Waals surface area contributed by atoms with E-state index >= 15 is 0 Å². The summed E-state index contributed by atoms with van der Waals surface area (Å²) in [6.07, 6.45) is 5.79. The normalized spacial score (nSPS) is 15.8. The van der Waals surface area contributed by atoms with Crippen LogP contribution in [-0.2, 0) is 12.8 Å². The van der Waals surface area contributed by atoms with Gasteiger partial charge in [0.05, 0.1) is 4.92 Å². The smallest absolute Gasteiger partial charge is 0.269 e. The number of rotatable bonds is 6. The molecule has 2 aromatic rings. The van der Waals surface area contributed by atoms with E-state index < -0.39 is 0 Å². The fourth-order valence-corrected chi connectivity index (χ4v) is 3.31. The van der Waals surface area contributed by atoms with E-state index in [1.807, 2.05) is 24.3 Å². The van der Waals surface area contributed by atoms with Gasteiger partial charge in [-0.3, -0.25) is 10.1 Å². The highest BCUT2D eigenvalue weighted by Gasteiger charge is 2.27. The van der Waals surface area contributed by atoms with E-state index in [-0.39, 0.29) is 10.6 Å². The van der Waals surface area contributed by atoms with Gasteiger partial charge in [-0.1, -0.05) is 43.5 Å². The quantitative estimate of drug-likeness (QED) is 0.631. The second-order valence-electron chi connectivity index (χ2n) is 6.45. The fraction of sp³-hybridized carbons (Fsp3) is 0.368. The summed E-state index contributed by atoms with van der Waals surface area (Å²) in [5, 5.41) is 20.2. The van der Waals surface area contributed by atoms with Crippen LogP contribution < -0.4 is 0 Å². The highest BCUT2D eigenvalue weighted by Crippen LogP contribution is 2.37. The zero-order chi connectivity index (χ0) is 16.2. The standard InChI is InChI=1S/C19H21NO3/c21-19-10-6-15(7-11-19)13-17(16-2-1-3-16)12-14-4-8-18(9-5-14)20(22)23/h4-11,16-17,21H,1-3,12-13H2. The molecule has 0 radical (unpaired) electrons. The van der Waals surface area contributed by atoms with Gasteiger partial charge in [-0.25, -0.2) is 0 Å². The van der Waals surface area contributed by atoms with Crippen molar-refractivity contribution in [2.24, 2.45) is 11.8 Å². The van der Waals surface area contributed by atoms with E-state index in [1.165, 1.54) is 24.8 Å². The number of phenolic OH excluding ortho intramolecular Hbond substituents is 1. The van der Waals surface area contributed by atoms with E-state index in [2.05, 4.69) is 0 Å². The van der Waals surface area contributed by atoms with Gasteiger partial charge in [-0.05, 0) is 47.9 Å². The average Bonchev–Trinajstić information content (AvgIpc) is 2.48. The molecule has 1 atom stereocenters. The van der Waals surface area contributed by atoms with Crippen LogP contribution in [0.3, 0.4) is 0 Å². The summed E-state index contributed by atoms with van der Waals surface area (Å²) in [5.41, 5.74) is 2.54. The van der Waals surface area contributed by atoms with Crippen LogP contribution in [0.25, 0.3) is 0 Å². The van der Waals surface area contributed by atoms with E-state index in [0.717, 1.165) is 24.3 Å². The van der Waals surface area contributed by atoms with Gasteiger partial charge in [-0.2, -0.15) is 0 Å². The Bertz CT molecular complexity index is 660. The summed E-state index contributed by atoms with van der Waals surface area (Å²) in [5.74, 6) is 1.58. The molecule has 23 heavy (non-hydrogen) atoms. The molecule has 1 saturated carbocycles. The Morgan fingerprint density at radius 1 is 1.00 bits per heavy atom. The third kappa shape index (κ3) is 3.89. The number of nitro groups is 1. The molecule has 120 valence electrons. The number of non-ortho nitro benzene ring substituents is 1. The molecule has 1 aliphatic rings. The Balaban J connectivity index is 1.71. The maximum atomic E-state index is 10.8. The van der Waals surface area contributed by atoms with Gasteiger partial charge in [0.2, 0.25) is 0 Å². The summed E-state index contributed by atoms with van der Waals surface area (Å²) in [6.45, 7) is 0. The second-order valence-corrected chi connectivity index (χ2v) is 6.45. The molecule has 1 unspecified atom stereocenters. The molecule has 0 aliphatic heterocycles. The van der Waals surface area contributed by atoms with Crippen LogP contribution in [0.2, 0.25) is 0 Å². The summed E-state index contributed by atoms with van der Waals surface area (Å²) >= 11 is 0. The molecule has 0 bridgehead atoms. The van der Waals surface area contributed by atoms with Crippen LogP contribution in [0.1, 0.15) is 30.4 Å². The maximum Gasteiger partial charge on any atom is 0.269 e. The van der Waals surface area contributed by atoms with Gasteiger partial charge in [0.1, 0.15) is 5.75 Å². The molecule has 1 N–H and O–H groups in total. The van der Waals surface area contributed by atoms with Gasteiger partial charge in [-0.15, -0.1) is 0 Å². The van der Waals surface area contributed by atoms with Crippen molar-refractivity contribution in [3.63, 3.8) is 0 Å². The summed E-state index contributed by atoms with van der Waals surface area (Å²) < 4.78 is 0. The Morgan fingerprint density at radius 2 is 1.52 bits per heavy atom. The molecule has 0 amide bonds. The Morgan fingerprint density at radius 3 is 1.96 bits per heavy atom. The van der Waals surface area contributed by atoms with Crippen molar-refractivity contribution < 1.29 is 10.0 Å². The minimum Gasteiger partial charge on any atom is -0.508 e. The molecule has 2 aromatic carbocycles. The van der Waals surface area contributed by atoms with Crippen molar-refractivity contribution in [2.45, 2.75) is 32.1 Å². The minimum absolute atomic E-state index is 0.146. The first kappa shape index (κ1) is 15.5. The summed E-state index contributed by atoms with van der Waals surface area (Å²) in [6, 6.07) is 14.4. The number of hydrogen-bond acceptors (Lipinski definition) is 3. The molecule has 4 nitrogen and oxygen atoms in total. The van der Waals surface area contributed by atoms with Crippen LogP contribution in [0.5, 0.6) is 5.75 Å². The number of hydrogen-bond donors (Lipinski definition) is 1. The molecular weight excluding hydrogens is 290 g/mol. The van der Waals surface area contributed by atoms with Crippen molar-refractivity contribution in [1.82, 2.24) is 0 Å². The van der Waals surface area contributed by atoms with Crippen molar-refractivity contribution in [3.8, 4) is 5.75 Å². The third-order valence-corrected chi connectivity index (χ3v) is 4.90. The van der Waals surface area contributed by atoms with Gasteiger partial charge in [0.15, 0.2) is 0 Å². The molecule has 4 heteroatoms. The molecule has 0 spiro atoms. The van der Waals surface area contributed by atoms with Crippen molar-refractivity contribution in [2.75, 3.05) is 0 Å². The monoisotopic (exact) mass is 311 g/mol. The van der Waals surface area contributed by atoms with Crippen molar-refractivity contribution in [3.05, 3.63) is 69.8 Å². The van der Waals surface area contributed by atoms with Crippen LogP contribution in [0.15, 0.2) is 48.5 Å². The van der Waals surface area contributed by atoms with E-state index in [9.17, 15) is 15.2 Å². The first-order valence-electron chi connectivity index (χ1n) is 8.13. The lowest BCUT2D eigenvalue weighted by Crippen LogP contribution is -2.25. The summed E-state index contributed by atoms with van der Waals surface area (Å²) in [4.78, 5) is 10.4. The zero-order valence-electron chi connectivity index (χ0n) is 13.0. The SMILES string of the molecule is O=[N+]([O-])c1ccc(CC(Cc2ccc(O)cc2)C2CCC2)cc1. The Labute approximate surface area is 135 Å². The van der Waals surface area contributed by atoms with E-state index in [0.29, 0.717) is 11.7 Å². The molecule has 1 fully saturated rings. The van der Waals surface area contributed by atoms with E-state index in [1.54, 1.807) is 24.3 Å². The second kappa shape index (κ2) is 6.82. The van der Waals surface area contributed by atoms with Crippen molar-refractivity contribution >= 4 is 5.69 Å². The molecule has 3 rings (SSSR count). The molecule has 1 aliphatic carbocycles. The number of phenols is 1. The highest BCUT2D eigenvalue weighted by atomic mass is 16.6. The van der Waals surface area contributed by atoms with Gasteiger partial charge < -0.3 is 5.11 Å². The highest BCUT2D eigenvalue weighted by molar-refractivity contribution is 5.33. The van der Waals surface area contributed by atoms with Gasteiger partial charge in [0, 0.05) is 12.1 Å². The van der Waals surface area contributed by atoms with Crippen molar-refractivity contribution in [1.29, 1.82) is 0 Å². The Kier molecular flexibility index (Phi) is 4.60. The molecule has 0 saturated heterocycles. The zero-order valence-corrected chi connectivity index (χ0v) is 13.0. The fourth-order valence-electron chi connectivity index (χ4n) is 3.31. The maximum absolute atomic E-state index is 10.8. The average molecular weight is 311 g/mol. The molecular formula is C19H21NO3. The predicted molar refractivity (Wildman–Crippen MR) is 89.4 cm³/mol. The number of aromatic hydroxyl groups is 1. The Hall–Kier alpha value is -2.36. The van der Waals surface area contributed by atoms with Gasteiger partial charge in [0.25, 0.3) is 5.69 Å². The number of nitro benzene ring substituents is 1. The van der Waals surface area contributed by atoms with Crippen LogP contribution in [0, 0.1) is 22.0 Å². The van der Waals surface area contributed by atoms with Crippen LogP contribution in [0.4, 0.5) is 5.69 Å². The predicted octanol–water partition coefficient (Wildman–Crippen LogP) is 4.50. The van der Waals surface area contributed by atoms with Crippen LogP contribution >= 0.6 is 0 Å². The first-order chi connectivity index (χ1) is 11.1. The first-order valence-corrected chi connectivity index (χ1v) is 8.13. The lowest BCUT2D eigenvalue weighted by molar-refractivity contribution is -0.384. The van der Waals surface area contributed by atoms with Gasteiger partial charge >= 0.3 is 0 Å². The number of nitrogens with zero attached hydrogens (tertiary/aromatic N) is 1. The lowest BCUT2D eigenvalue weighted by atomic mass is 9.71. The lowest BCUT2D eigenvalue weighted by Gasteiger charge is -2.34. The third-order valence-electron chi connectivity index (χ3n) is 4.90. The molecule has 0 aromatic heterocycles. The van der Waals surface area contributed by atoms with E-state index in [4.69, 9.17) is 0 Å². The number of benzene rings is 2. The molecule has 0 heterocycles. The van der Waals surface area contributed by atoms with Crippen LogP contribution in [-0.4, -0.2) is 10.0 Å². The summed E-state index contributed by atoms with van der Waals surface area (Å²) in [7, 11) is 0. The minimum atomic E-state index is -0.358.